The number of benzene rings is 1. The predicted octanol–water partition coefficient (Wildman–Crippen LogP) is 3.92. The minimum atomic E-state index is -0.908. The molecule has 4 fully saturated rings. The molecular formula is C30H40N2O4. The van der Waals surface area contributed by atoms with Crippen LogP contribution < -0.4 is 4.74 Å². The lowest BCUT2D eigenvalue weighted by Crippen LogP contribution is -2.78. The molecule has 194 valence electrons. The zero-order chi connectivity index (χ0) is 24.7. The van der Waals surface area contributed by atoms with Crippen molar-refractivity contribution < 1.29 is 19.7 Å². The highest BCUT2D eigenvalue weighted by Gasteiger charge is 2.73. The number of allylic oxidation sites excluding steroid dienone is 1. The summed E-state index contributed by atoms with van der Waals surface area (Å²) >= 11 is 0. The Morgan fingerprint density at radius 2 is 1.97 bits per heavy atom. The number of ether oxygens (including phenoxy) is 1. The Bertz CT molecular complexity index is 1090. The van der Waals surface area contributed by atoms with Crippen molar-refractivity contribution in [3.05, 3.63) is 35.4 Å². The molecule has 4 aliphatic carbocycles. The van der Waals surface area contributed by atoms with Crippen molar-refractivity contribution in [2.45, 2.75) is 99.8 Å². The molecule has 36 heavy (non-hydrogen) atoms. The van der Waals surface area contributed by atoms with Crippen LogP contribution in [0.25, 0.3) is 0 Å². The maximum atomic E-state index is 13.4. The van der Waals surface area contributed by atoms with Crippen molar-refractivity contribution in [2.75, 3.05) is 20.1 Å². The number of aromatic hydroxyl groups is 1. The van der Waals surface area contributed by atoms with E-state index in [-0.39, 0.29) is 29.8 Å². The van der Waals surface area contributed by atoms with Gasteiger partial charge in [0.15, 0.2) is 11.5 Å². The molecule has 2 N–H and O–H groups in total. The van der Waals surface area contributed by atoms with Gasteiger partial charge in [-0.3, -0.25) is 9.69 Å². The maximum Gasteiger partial charge on any atom is 0.246 e. The minimum absolute atomic E-state index is 0.0231. The Morgan fingerprint density at radius 3 is 2.75 bits per heavy atom. The third kappa shape index (κ3) is 3.19. The molecule has 6 aliphatic rings. The lowest BCUT2D eigenvalue weighted by Gasteiger charge is -2.64. The van der Waals surface area contributed by atoms with Crippen LogP contribution in [-0.4, -0.2) is 69.8 Å². The topological polar surface area (TPSA) is 73.2 Å². The van der Waals surface area contributed by atoms with E-state index in [0.29, 0.717) is 24.5 Å². The van der Waals surface area contributed by atoms with Gasteiger partial charge in [0.2, 0.25) is 5.91 Å². The molecule has 0 unspecified atom stereocenters. The average Bonchev–Trinajstić information content (AvgIpc) is 3.63. The summed E-state index contributed by atoms with van der Waals surface area (Å²) < 4.78 is 6.64. The SMILES string of the molecule is CN(C(=O)/C=C/C1CCCCC1)[C@@H]1CC[C@@]2(O)[C@H]3Cc4ccc(O)c5c4[C@@]2(CCN3CC2CC2)[C@H]1O5. The van der Waals surface area contributed by atoms with Crippen molar-refractivity contribution in [2.24, 2.45) is 11.8 Å². The van der Waals surface area contributed by atoms with Crippen LogP contribution >= 0.6 is 0 Å². The predicted molar refractivity (Wildman–Crippen MR) is 137 cm³/mol. The number of piperidine rings is 1. The summed E-state index contributed by atoms with van der Waals surface area (Å²) in [5, 5.41) is 23.4. The van der Waals surface area contributed by atoms with E-state index in [1.807, 2.05) is 18.0 Å². The fraction of sp³-hybridized carbons (Fsp3) is 0.700. The molecule has 2 aliphatic heterocycles. The number of phenolic OH excluding ortho intramolecular Hbond substituents is 1. The molecule has 1 saturated heterocycles. The van der Waals surface area contributed by atoms with Crippen LogP contribution in [0.2, 0.25) is 0 Å². The normalized spacial score (nSPS) is 37.6. The summed E-state index contributed by atoms with van der Waals surface area (Å²) in [7, 11) is 1.90. The number of hydrogen-bond acceptors (Lipinski definition) is 5. The summed E-state index contributed by atoms with van der Waals surface area (Å²) in [6.07, 6.45) is 15.3. The van der Waals surface area contributed by atoms with Gasteiger partial charge in [0.05, 0.1) is 17.1 Å². The van der Waals surface area contributed by atoms with E-state index in [9.17, 15) is 15.0 Å². The van der Waals surface area contributed by atoms with Crippen LogP contribution in [-0.2, 0) is 16.6 Å². The Balaban J connectivity index is 1.23. The Morgan fingerprint density at radius 1 is 1.17 bits per heavy atom. The number of carbonyl (C=O) groups excluding carboxylic acids is 1. The second-order valence-corrected chi connectivity index (χ2v) is 12.6. The first-order chi connectivity index (χ1) is 17.4. The van der Waals surface area contributed by atoms with Crippen LogP contribution in [0, 0.1) is 11.8 Å². The molecule has 2 bridgehead atoms. The third-order valence-electron chi connectivity index (χ3n) is 10.7. The van der Waals surface area contributed by atoms with Crippen molar-refractivity contribution in [1.29, 1.82) is 0 Å². The average molecular weight is 493 g/mol. The van der Waals surface area contributed by atoms with Crippen LogP contribution in [0.1, 0.15) is 75.3 Å². The van der Waals surface area contributed by atoms with Gasteiger partial charge in [-0.15, -0.1) is 0 Å². The number of amides is 1. The van der Waals surface area contributed by atoms with Crippen LogP contribution in [0.4, 0.5) is 0 Å². The van der Waals surface area contributed by atoms with Crippen LogP contribution in [0.15, 0.2) is 24.3 Å². The number of phenols is 1. The van der Waals surface area contributed by atoms with E-state index in [4.69, 9.17) is 4.74 Å². The second kappa shape index (κ2) is 8.22. The molecule has 1 aromatic carbocycles. The van der Waals surface area contributed by atoms with Crippen LogP contribution in [0.3, 0.4) is 0 Å². The summed E-state index contributed by atoms with van der Waals surface area (Å²) in [4.78, 5) is 17.8. The quantitative estimate of drug-likeness (QED) is 0.610. The number of carbonyl (C=O) groups is 1. The van der Waals surface area contributed by atoms with E-state index in [0.717, 1.165) is 37.4 Å². The first-order valence-corrected chi connectivity index (χ1v) is 14.4. The second-order valence-electron chi connectivity index (χ2n) is 12.6. The van der Waals surface area contributed by atoms with Gasteiger partial charge >= 0.3 is 0 Å². The monoisotopic (exact) mass is 492 g/mol. The van der Waals surface area contributed by atoms with Gasteiger partial charge in [0.25, 0.3) is 0 Å². The number of hydrogen-bond donors (Lipinski definition) is 2. The summed E-state index contributed by atoms with van der Waals surface area (Å²) in [5.74, 6) is 2.01. The standard InChI is InChI=1S/C30H40N2O4/c1-31(25(34)12-9-19-5-3-2-4-6-19)22-13-14-30(35)24-17-21-10-11-23(33)27-26(21)29(30,28(22)36-27)15-16-32(24)18-20-7-8-20/h9-12,19-20,22,24,28,33,35H,2-8,13-18H2,1H3/b12-9+/t22-,24-,28+,29+,30-/m1/s1. The molecule has 7 rings (SSSR count). The maximum absolute atomic E-state index is 13.4. The zero-order valence-electron chi connectivity index (χ0n) is 21.5. The van der Waals surface area contributed by atoms with E-state index in [1.54, 1.807) is 12.1 Å². The molecule has 2 heterocycles. The van der Waals surface area contributed by atoms with Gasteiger partial charge in [-0.05, 0) is 87.5 Å². The van der Waals surface area contributed by atoms with Gasteiger partial charge in [0.1, 0.15) is 6.10 Å². The van der Waals surface area contributed by atoms with Gasteiger partial charge in [-0.2, -0.15) is 0 Å². The van der Waals surface area contributed by atoms with Crippen molar-refractivity contribution >= 4 is 5.91 Å². The highest BCUT2D eigenvalue weighted by Crippen LogP contribution is 2.66. The zero-order valence-corrected chi connectivity index (χ0v) is 21.5. The number of nitrogens with zero attached hydrogens (tertiary/aromatic N) is 2. The van der Waals surface area contributed by atoms with Gasteiger partial charge in [-0.1, -0.05) is 31.4 Å². The molecule has 1 amide bonds. The van der Waals surface area contributed by atoms with Crippen molar-refractivity contribution in [3.63, 3.8) is 0 Å². The van der Waals surface area contributed by atoms with E-state index in [1.165, 1.54) is 50.5 Å². The number of aliphatic hydroxyl groups is 1. The molecule has 3 saturated carbocycles. The Hall–Kier alpha value is -2.05. The fourth-order valence-corrected chi connectivity index (χ4v) is 8.68. The molecule has 1 aromatic rings. The molecule has 0 aromatic heterocycles. The highest BCUT2D eigenvalue weighted by atomic mass is 16.5. The number of likely N-dealkylation sites (N-methyl/N-ethyl adjacent to an activating group) is 1. The van der Waals surface area contributed by atoms with Gasteiger partial charge in [-0.25, -0.2) is 0 Å². The first kappa shape index (κ1) is 23.1. The van der Waals surface area contributed by atoms with E-state index >= 15 is 0 Å². The summed E-state index contributed by atoms with van der Waals surface area (Å²) in [6, 6.07) is 3.72. The molecule has 1 spiro atoms. The molecule has 0 radical (unpaired) electrons. The fourth-order valence-electron chi connectivity index (χ4n) is 8.68. The third-order valence-corrected chi connectivity index (χ3v) is 10.7. The smallest absolute Gasteiger partial charge is 0.246 e. The Labute approximate surface area is 214 Å². The lowest BCUT2D eigenvalue weighted by molar-refractivity contribution is -0.200. The van der Waals surface area contributed by atoms with Gasteiger partial charge < -0.3 is 19.8 Å². The van der Waals surface area contributed by atoms with Crippen LogP contribution in [0.5, 0.6) is 11.5 Å². The van der Waals surface area contributed by atoms with E-state index < -0.39 is 11.0 Å². The minimum Gasteiger partial charge on any atom is -0.504 e. The Kier molecular flexibility index (Phi) is 5.28. The lowest BCUT2D eigenvalue weighted by atomic mass is 9.48. The highest BCUT2D eigenvalue weighted by molar-refractivity contribution is 5.87. The molecule has 6 heteroatoms. The first-order valence-electron chi connectivity index (χ1n) is 14.4. The van der Waals surface area contributed by atoms with Crippen molar-refractivity contribution in [1.82, 2.24) is 9.80 Å². The number of rotatable bonds is 5. The van der Waals surface area contributed by atoms with Gasteiger partial charge in [0, 0.05) is 25.2 Å². The van der Waals surface area contributed by atoms with E-state index in [2.05, 4.69) is 11.0 Å². The van der Waals surface area contributed by atoms with Crippen molar-refractivity contribution in [3.8, 4) is 11.5 Å². The number of likely N-dealkylation sites (tertiary alicyclic amines) is 1. The molecular weight excluding hydrogens is 452 g/mol. The molecule has 6 nitrogen and oxygen atoms in total. The molecule has 5 atom stereocenters. The summed E-state index contributed by atoms with van der Waals surface area (Å²) in [6.45, 7) is 2.01. The largest absolute Gasteiger partial charge is 0.504 e. The summed E-state index contributed by atoms with van der Waals surface area (Å²) in [5.41, 5.74) is 0.743.